The van der Waals surface area contributed by atoms with E-state index in [-0.39, 0.29) is 40.2 Å². The van der Waals surface area contributed by atoms with Crippen molar-refractivity contribution in [2.75, 3.05) is 20.3 Å². The molecule has 0 aliphatic rings. The fourth-order valence-corrected chi connectivity index (χ4v) is 3.75. The predicted molar refractivity (Wildman–Crippen MR) is 135 cm³/mol. The molecule has 41 heavy (non-hydrogen) atoms. The Hall–Kier alpha value is -4.59. The lowest BCUT2D eigenvalue weighted by molar-refractivity contribution is -0.265. The minimum absolute atomic E-state index is 0.0259. The van der Waals surface area contributed by atoms with E-state index in [1.165, 1.54) is 19.2 Å². The van der Waals surface area contributed by atoms with E-state index in [0.717, 1.165) is 43.3 Å². The molecule has 0 radical (unpaired) electrons. The fraction of sp³-hybridized carbons (Fsp3) is 0.259. The molecule has 0 fully saturated rings. The Kier molecular flexibility index (Phi) is 9.28. The third-order valence-electron chi connectivity index (χ3n) is 5.94. The Bertz CT molecular complexity index is 1460. The number of halogens is 5. The van der Waals surface area contributed by atoms with Crippen molar-refractivity contribution in [3.05, 3.63) is 76.7 Å². The first-order valence-corrected chi connectivity index (χ1v) is 11.8. The third-order valence-corrected chi connectivity index (χ3v) is 5.94. The van der Waals surface area contributed by atoms with E-state index in [4.69, 9.17) is 15.2 Å². The Balaban J connectivity index is 1.96. The average molecular weight is 581 g/mol. The fourth-order valence-electron chi connectivity index (χ4n) is 3.75. The molecule has 1 aromatic heterocycles. The summed E-state index contributed by atoms with van der Waals surface area (Å²) in [5, 5.41) is 12.8. The van der Waals surface area contributed by atoms with Crippen LogP contribution in [0.4, 0.5) is 22.0 Å². The summed E-state index contributed by atoms with van der Waals surface area (Å²) in [6, 6.07) is 8.21. The van der Waals surface area contributed by atoms with Crippen molar-refractivity contribution in [2.45, 2.75) is 24.9 Å². The summed E-state index contributed by atoms with van der Waals surface area (Å²) in [6.07, 6.45) is -6.87. The quantitative estimate of drug-likeness (QED) is 0.231. The number of aliphatic hydroxyl groups is 1. The smallest absolute Gasteiger partial charge is 0.424 e. The SMILES string of the molecule is COc1cc(C(=O)NCC(O)(c2ccc(C=O)c(-c3ccc(F)c([C@H](C)F)c3)n2)C(F)(F)F)ccc1OCC(N)=O. The van der Waals surface area contributed by atoms with Crippen LogP contribution < -0.4 is 20.5 Å². The topological polar surface area (TPSA) is 141 Å². The van der Waals surface area contributed by atoms with Crippen LogP contribution in [0.25, 0.3) is 11.3 Å². The summed E-state index contributed by atoms with van der Waals surface area (Å²) >= 11 is 0. The van der Waals surface area contributed by atoms with Gasteiger partial charge in [0.25, 0.3) is 11.8 Å². The average Bonchev–Trinajstić information content (AvgIpc) is 2.93. The van der Waals surface area contributed by atoms with Gasteiger partial charge in [-0.1, -0.05) is 0 Å². The van der Waals surface area contributed by atoms with Gasteiger partial charge in [0.1, 0.15) is 12.0 Å². The maximum Gasteiger partial charge on any atom is 0.424 e. The van der Waals surface area contributed by atoms with E-state index >= 15 is 0 Å². The van der Waals surface area contributed by atoms with Crippen molar-refractivity contribution < 1.29 is 50.9 Å². The summed E-state index contributed by atoms with van der Waals surface area (Å²) in [7, 11) is 1.22. The lowest BCUT2D eigenvalue weighted by atomic mass is 9.95. The van der Waals surface area contributed by atoms with Gasteiger partial charge in [-0.15, -0.1) is 0 Å². The molecule has 1 heterocycles. The maximum atomic E-state index is 14.2. The molecule has 0 bridgehead atoms. The number of aldehydes is 1. The molecule has 0 saturated heterocycles. The molecule has 0 spiro atoms. The van der Waals surface area contributed by atoms with E-state index in [2.05, 4.69) is 4.98 Å². The minimum Gasteiger partial charge on any atom is -0.493 e. The van der Waals surface area contributed by atoms with Gasteiger partial charge in [0.2, 0.25) is 5.60 Å². The van der Waals surface area contributed by atoms with Crippen LogP contribution in [0.5, 0.6) is 11.5 Å². The van der Waals surface area contributed by atoms with Gasteiger partial charge in [0.15, 0.2) is 24.4 Å². The Morgan fingerprint density at radius 1 is 1.12 bits per heavy atom. The van der Waals surface area contributed by atoms with Crippen molar-refractivity contribution >= 4 is 18.1 Å². The van der Waals surface area contributed by atoms with Crippen molar-refractivity contribution in [1.82, 2.24) is 10.3 Å². The van der Waals surface area contributed by atoms with E-state index < -0.39 is 60.0 Å². The van der Waals surface area contributed by atoms with Crippen LogP contribution in [0.3, 0.4) is 0 Å². The summed E-state index contributed by atoms with van der Waals surface area (Å²) in [4.78, 5) is 39.1. The number of primary amides is 1. The van der Waals surface area contributed by atoms with Crippen LogP contribution in [0, 0.1) is 5.82 Å². The number of alkyl halides is 4. The molecule has 3 aromatic rings. The minimum atomic E-state index is -5.38. The van der Waals surface area contributed by atoms with Gasteiger partial charge in [0, 0.05) is 22.3 Å². The number of nitrogens with one attached hydrogen (secondary N) is 1. The number of hydrogen-bond acceptors (Lipinski definition) is 7. The van der Waals surface area contributed by atoms with Gasteiger partial charge in [-0.3, -0.25) is 14.4 Å². The largest absolute Gasteiger partial charge is 0.493 e. The number of methoxy groups -OCH3 is 1. The molecule has 0 aliphatic carbocycles. The van der Waals surface area contributed by atoms with Crippen LogP contribution in [0.2, 0.25) is 0 Å². The van der Waals surface area contributed by atoms with Gasteiger partial charge in [0.05, 0.1) is 25.0 Å². The van der Waals surface area contributed by atoms with Crippen LogP contribution >= 0.6 is 0 Å². The van der Waals surface area contributed by atoms with Gasteiger partial charge in [-0.05, 0) is 55.5 Å². The van der Waals surface area contributed by atoms with Gasteiger partial charge < -0.3 is 25.6 Å². The number of amides is 2. The number of hydrogen-bond donors (Lipinski definition) is 3. The molecule has 2 aromatic carbocycles. The molecule has 3 rings (SSSR count). The molecule has 2 atom stereocenters. The van der Waals surface area contributed by atoms with Crippen LogP contribution in [0.15, 0.2) is 48.5 Å². The van der Waals surface area contributed by atoms with Crippen molar-refractivity contribution in [3.8, 4) is 22.8 Å². The monoisotopic (exact) mass is 581 g/mol. The van der Waals surface area contributed by atoms with Crippen molar-refractivity contribution in [2.24, 2.45) is 5.73 Å². The summed E-state index contributed by atoms with van der Waals surface area (Å²) < 4.78 is 80.7. The molecule has 0 saturated carbocycles. The highest BCUT2D eigenvalue weighted by Crippen LogP contribution is 2.39. The van der Waals surface area contributed by atoms with Crippen LogP contribution in [0.1, 0.15) is 45.1 Å². The molecular weight excluding hydrogens is 557 g/mol. The maximum absolute atomic E-state index is 14.2. The summed E-state index contributed by atoms with van der Waals surface area (Å²) in [5.74, 6) is -2.73. The van der Waals surface area contributed by atoms with Gasteiger partial charge in [-0.25, -0.2) is 13.8 Å². The number of aromatic nitrogens is 1. The van der Waals surface area contributed by atoms with Gasteiger partial charge >= 0.3 is 6.18 Å². The molecule has 4 N–H and O–H groups in total. The first-order valence-electron chi connectivity index (χ1n) is 11.8. The second kappa shape index (κ2) is 12.3. The number of ether oxygens (including phenoxy) is 2. The first kappa shape index (κ1) is 30.9. The Morgan fingerprint density at radius 2 is 1.83 bits per heavy atom. The van der Waals surface area contributed by atoms with Crippen molar-refractivity contribution in [1.29, 1.82) is 0 Å². The number of carbonyl (C=O) groups excluding carboxylic acids is 3. The Morgan fingerprint density at radius 3 is 2.41 bits per heavy atom. The van der Waals surface area contributed by atoms with Crippen molar-refractivity contribution in [3.63, 3.8) is 0 Å². The number of rotatable bonds is 11. The van der Waals surface area contributed by atoms with E-state index in [1.807, 2.05) is 5.32 Å². The highest BCUT2D eigenvalue weighted by atomic mass is 19.4. The highest BCUT2D eigenvalue weighted by Gasteiger charge is 2.56. The van der Waals surface area contributed by atoms with E-state index in [0.29, 0.717) is 0 Å². The van der Waals surface area contributed by atoms with Crippen LogP contribution in [-0.2, 0) is 10.4 Å². The summed E-state index contributed by atoms with van der Waals surface area (Å²) in [5.41, 5.74) is -0.961. The number of pyridine rings is 1. The number of benzene rings is 2. The number of carbonyl (C=O) groups is 3. The molecule has 2 amide bonds. The van der Waals surface area contributed by atoms with Gasteiger partial charge in [-0.2, -0.15) is 13.2 Å². The lowest BCUT2D eigenvalue weighted by Gasteiger charge is -2.30. The molecule has 1 unspecified atom stereocenters. The second-order valence-electron chi connectivity index (χ2n) is 8.77. The molecule has 0 aliphatic heterocycles. The lowest BCUT2D eigenvalue weighted by Crippen LogP contribution is -2.51. The third kappa shape index (κ3) is 6.77. The number of nitrogens with two attached hydrogens (primary N) is 1. The first-order chi connectivity index (χ1) is 19.2. The normalized spacial score (nSPS) is 13.6. The molecule has 14 heteroatoms. The molecule has 218 valence electrons. The van der Waals surface area contributed by atoms with E-state index in [1.54, 1.807) is 0 Å². The highest BCUT2D eigenvalue weighted by molar-refractivity contribution is 5.95. The predicted octanol–water partition coefficient (Wildman–Crippen LogP) is 3.78. The molecular formula is C27H24F5N3O6. The number of nitrogens with zero attached hydrogens (tertiary/aromatic N) is 1. The zero-order valence-corrected chi connectivity index (χ0v) is 21.6. The van der Waals surface area contributed by atoms with Crippen LogP contribution in [-0.4, -0.2) is 54.6 Å². The second-order valence-corrected chi connectivity index (χ2v) is 8.77. The summed E-state index contributed by atoms with van der Waals surface area (Å²) in [6.45, 7) is -0.847. The standard InChI is InChI=1S/C27H24F5N3O6/c1-14(28)18-9-15(3-6-19(18)29)24-17(11-36)5-8-22(35-24)26(39,27(30,31)32)13-34-25(38)16-4-7-20(21(10-16)40-2)41-12-23(33)37/h3-11,14,39H,12-13H2,1-2H3,(H2,33,37)(H,34,38)/t14-,26?/m0/s1. The zero-order chi connectivity index (χ0) is 30.5. The zero-order valence-electron chi connectivity index (χ0n) is 21.6. The van der Waals surface area contributed by atoms with E-state index in [9.17, 15) is 41.4 Å². The molecule has 9 nitrogen and oxygen atoms in total. The Labute approximate surface area is 230 Å².